The van der Waals surface area contributed by atoms with Crippen LogP contribution in [0.3, 0.4) is 0 Å². The highest BCUT2D eigenvalue weighted by atomic mass is 79.9. The summed E-state index contributed by atoms with van der Waals surface area (Å²) in [6.07, 6.45) is 1.06. The van der Waals surface area contributed by atoms with Gasteiger partial charge in [0.2, 0.25) is 0 Å². The van der Waals surface area contributed by atoms with Crippen molar-refractivity contribution in [2.45, 2.75) is 38.9 Å². The summed E-state index contributed by atoms with van der Waals surface area (Å²) in [5.74, 6) is 0.785. The monoisotopic (exact) mass is 312 g/mol. The number of benzene rings is 1. The molecule has 0 spiro atoms. The second-order valence-electron chi connectivity index (χ2n) is 5.25. The molecule has 0 aliphatic carbocycles. The molecule has 1 aromatic rings. The van der Waals surface area contributed by atoms with Gasteiger partial charge in [0, 0.05) is 16.0 Å². The average Bonchev–Trinajstić information content (AvgIpc) is 2.26. The van der Waals surface area contributed by atoms with Gasteiger partial charge in [-0.25, -0.2) is 0 Å². The van der Waals surface area contributed by atoms with E-state index in [2.05, 4.69) is 36.7 Å². The van der Waals surface area contributed by atoms with Gasteiger partial charge in [0.05, 0.1) is 12.7 Å². The molecule has 1 unspecified atom stereocenters. The Bertz CT molecular complexity index is 436. The molecule has 1 fully saturated rings. The van der Waals surface area contributed by atoms with Crippen molar-refractivity contribution < 1.29 is 14.0 Å². The number of hydrogen-bond donors (Lipinski definition) is 0. The fraction of sp³-hybridized carbons (Fsp3) is 0.538. The lowest BCUT2D eigenvalue weighted by Gasteiger charge is -2.38. The van der Waals surface area contributed by atoms with E-state index >= 15 is 0 Å². The van der Waals surface area contributed by atoms with Crippen molar-refractivity contribution >= 4 is 28.5 Å². The molecular formula is C13H18BBrO3. The topological polar surface area (TPSA) is 27.7 Å². The summed E-state index contributed by atoms with van der Waals surface area (Å²) in [5.41, 5.74) is 0.738. The highest BCUT2D eigenvalue weighted by molar-refractivity contribution is 9.10. The van der Waals surface area contributed by atoms with Crippen LogP contribution in [0.5, 0.6) is 5.75 Å². The van der Waals surface area contributed by atoms with Crippen molar-refractivity contribution in [3.05, 3.63) is 22.7 Å². The zero-order chi connectivity index (χ0) is 13.3. The van der Waals surface area contributed by atoms with Crippen LogP contribution in [0.4, 0.5) is 0 Å². The molecule has 1 aliphatic rings. The van der Waals surface area contributed by atoms with Gasteiger partial charge in [-0.05, 0) is 45.4 Å². The first-order valence-electron chi connectivity index (χ1n) is 6.08. The van der Waals surface area contributed by atoms with Crippen LogP contribution in [0, 0.1) is 0 Å². The van der Waals surface area contributed by atoms with Crippen molar-refractivity contribution in [3.63, 3.8) is 0 Å². The SMILES string of the molecule is COc1ccc(Br)cc1B1OC(C)CC(C)(C)O1. The molecule has 0 N–H and O–H groups in total. The fourth-order valence-electron chi connectivity index (χ4n) is 2.34. The third kappa shape index (κ3) is 3.08. The number of ether oxygens (including phenoxy) is 1. The van der Waals surface area contributed by atoms with Gasteiger partial charge in [-0.3, -0.25) is 0 Å². The quantitative estimate of drug-likeness (QED) is 0.786. The minimum absolute atomic E-state index is 0.169. The van der Waals surface area contributed by atoms with E-state index in [1.807, 2.05) is 18.2 Å². The van der Waals surface area contributed by atoms with Crippen LogP contribution >= 0.6 is 15.9 Å². The van der Waals surface area contributed by atoms with Crippen LogP contribution in [0.15, 0.2) is 22.7 Å². The molecule has 3 nitrogen and oxygen atoms in total. The van der Waals surface area contributed by atoms with Gasteiger partial charge >= 0.3 is 7.12 Å². The van der Waals surface area contributed by atoms with E-state index < -0.39 is 0 Å². The van der Waals surface area contributed by atoms with Crippen LogP contribution in [-0.4, -0.2) is 25.9 Å². The average molecular weight is 313 g/mol. The molecule has 5 heteroatoms. The zero-order valence-corrected chi connectivity index (χ0v) is 12.8. The van der Waals surface area contributed by atoms with Gasteiger partial charge in [-0.15, -0.1) is 0 Å². The van der Waals surface area contributed by atoms with E-state index in [9.17, 15) is 0 Å². The van der Waals surface area contributed by atoms with E-state index in [1.54, 1.807) is 7.11 Å². The molecular weight excluding hydrogens is 295 g/mol. The third-order valence-electron chi connectivity index (χ3n) is 3.01. The molecule has 2 rings (SSSR count). The second kappa shape index (κ2) is 5.23. The van der Waals surface area contributed by atoms with Crippen LogP contribution in [0.2, 0.25) is 0 Å². The molecule has 1 atom stereocenters. The molecule has 18 heavy (non-hydrogen) atoms. The van der Waals surface area contributed by atoms with Gasteiger partial charge in [0.25, 0.3) is 0 Å². The van der Waals surface area contributed by atoms with Gasteiger partial charge < -0.3 is 14.0 Å². The van der Waals surface area contributed by atoms with E-state index in [1.165, 1.54) is 0 Å². The third-order valence-corrected chi connectivity index (χ3v) is 3.50. The lowest BCUT2D eigenvalue weighted by molar-refractivity contribution is -0.0231. The molecule has 0 radical (unpaired) electrons. The number of rotatable bonds is 2. The van der Waals surface area contributed by atoms with Crippen LogP contribution in [0.25, 0.3) is 0 Å². The number of methoxy groups -OCH3 is 1. The first-order valence-corrected chi connectivity index (χ1v) is 6.87. The molecule has 1 saturated heterocycles. The molecule has 0 bridgehead atoms. The predicted octanol–water partition coefficient (Wildman–Crippen LogP) is 2.76. The normalized spacial score (nSPS) is 22.9. The summed E-state index contributed by atoms with van der Waals surface area (Å²) in [6, 6.07) is 5.84. The lowest BCUT2D eigenvalue weighted by atomic mass is 9.74. The fourth-order valence-corrected chi connectivity index (χ4v) is 2.72. The van der Waals surface area contributed by atoms with E-state index in [4.69, 9.17) is 14.0 Å². The van der Waals surface area contributed by atoms with Crippen molar-refractivity contribution in [3.8, 4) is 5.75 Å². The highest BCUT2D eigenvalue weighted by Crippen LogP contribution is 2.27. The van der Waals surface area contributed by atoms with Crippen LogP contribution in [0.1, 0.15) is 27.2 Å². The largest absolute Gasteiger partial charge is 0.498 e. The Morgan fingerprint density at radius 1 is 1.44 bits per heavy atom. The Morgan fingerprint density at radius 2 is 2.17 bits per heavy atom. The molecule has 1 aliphatic heterocycles. The Kier molecular flexibility index (Phi) is 4.04. The van der Waals surface area contributed by atoms with Crippen molar-refractivity contribution in [1.29, 1.82) is 0 Å². The first-order chi connectivity index (χ1) is 8.41. The van der Waals surface area contributed by atoms with E-state index in [0.717, 1.165) is 22.1 Å². The van der Waals surface area contributed by atoms with Crippen molar-refractivity contribution in [2.75, 3.05) is 7.11 Å². The van der Waals surface area contributed by atoms with E-state index in [-0.39, 0.29) is 18.8 Å². The minimum Gasteiger partial charge on any atom is -0.497 e. The number of hydrogen-bond acceptors (Lipinski definition) is 3. The van der Waals surface area contributed by atoms with Gasteiger partial charge in [-0.1, -0.05) is 15.9 Å². The summed E-state index contributed by atoms with van der Waals surface area (Å²) < 4.78 is 18.3. The maximum Gasteiger partial charge on any atom is 0.498 e. The Hall–Kier alpha value is -0.515. The highest BCUT2D eigenvalue weighted by Gasteiger charge is 2.39. The first kappa shape index (κ1) is 13.9. The van der Waals surface area contributed by atoms with Crippen LogP contribution < -0.4 is 10.2 Å². The maximum absolute atomic E-state index is 6.00. The summed E-state index contributed by atoms with van der Waals surface area (Å²) >= 11 is 3.47. The van der Waals surface area contributed by atoms with Crippen LogP contribution in [-0.2, 0) is 9.31 Å². The number of halogens is 1. The smallest absolute Gasteiger partial charge is 0.497 e. The summed E-state index contributed by atoms with van der Waals surface area (Å²) in [5, 5.41) is 0. The predicted molar refractivity (Wildman–Crippen MR) is 76.4 cm³/mol. The molecule has 0 amide bonds. The Labute approximate surface area is 117 Å². The van der Waals surface area contributed by atoms with Crippen molar-refractivity contribution in [2.24, 2.45) is 0 Å². The second-order valence-corrected chi connectivity index (χ2v) is 6.16. The Balaban J connectivity index is 2.32. The summed E-state index contributed by atoms with van der Waals surface area (Å²) in [7, 11) is 1.28. The maximum atomic E-state index is 6.00. The lowest BCUT2D eigenvalue weighted by Crippen LogP contribution is -2.52. The van der Waals surface area contributed by atoms with Gasteiger partial charge in [-0.2, -0.15) is 0 Å². The standard InChI is InChI=1S/C13H18BBrO3/c1-9-8-13(2,3)18-14(17-9)11-7-10(15)5-6-12(11)16-4/h5-7,9H,8H2,1-4H3. The van der Waals surface area contributed by atoms with Crippen molar-refractivity contribution in [1.82, 2.24) is 0 Å². The molecule has 1 aromatic carbocycles. The Morgan fingerprint density at radius 3 is 2.78 bits per heavy atom. The molecule has 0 aromatic heterocycles. The zero-order valence-electron chi connectivity index (χ0n) is 11.2. The van der Waals surface area contributed by atoms with E-state index in [0.29, 0.717) is 0 Å². The van der Waals surface area contributed by atoms with Gasteiger partial charge in [0.15, 0.2) is 0 Å². The summed E-state index contributed by atoms with van der Waals surface area (Å²) in [4.78, 5) is 0. The summed E-state index contributed by atoms with van der Waals surface area (Å²) in [6.45, 7) is 6.24. The molecule has 0 saturated carbocycles. The molecule has 1 heterocycles. The molecule has 98 valence electrons. The van der Waals surface area contributed by atoms with Gasteiger partial charge in [0.1, 0.15) is 5.75 Å². The minimum atomic E-state index is -0.379.